The van der Waals surface area contributed by atoms with E-state index in [1.165, 1.54) is 12.5 Å². The molecule has 1 unspecified atom stereocenters. The first kappa shape index (κ1) is 16.9. The summed E-state index contributed by atoms with van der Waals surface area (Å²) in [6.45, 7) is 2.44. The molecule has 136 valence electrons. The van der Waals surface area contributed by atoms with Gasteiger partial charge >= 0.3 is 0 Å². The van der Waals surface area contributed by atoms with Gasteiger partial charge in [-0.05, 0) is 37.5 Å². The van der Waals surface area contributed by atoms with E-state index in [-0.39, 0.29) is 11.7 Å². The number of fused-ring (bicyclic) bond motifs is 1. The normalized spacial score (nSPS) is 19.7. The SMILES string of the molecule is O=C(C1CN(Cc2ccccc2F)c2ccccc2O1)N1CCCCC1. The highest BCUT2D eigenvalue weighted by molar-refractivity contribution is 5.83. The van der Waals surface area contributed by atoms with Crippen LogP contribution in [0.25, 0.3) is 0 Å². The fourth-order valence-corrected chi connectivity index (χ4v) is 3.74. The van der Waals surface area contributed by atoms with Crippen molar-refractivity contribution in [1.29, 1.82) is 0 Å². The molecule has 26 heavy (non-hydrogen) atoms. The van der Waals surface area contributed by atoms with Crippen molar-refractivity contribution in [3.63, 3.8) is 0 Å². The van der Waals surface area contributed by atoms with Crippen molar-refractivity contribution >= 4 is 11.6 Å². The average Bonchev–Trinajstić information content (AvgIpc) is 2.69. The van der Waals surface area contributed by atoms with E-state index >= 15 is 0 Å². The number of hydrogen-bond acceptors (Lipinski definition) is 3. The van der Waals surface area contributed by atoms with E-state index in [4.69, 9.17) is 4.74 Å². The van der Waals surface area contributed by atoms with Crippen LogP contribution in [0.4, 0.5) is 10.1 Å². The molecular weight excluding hydrogens is 331 g/mol. The van der Waals surface area contributed by atoms with Gasteiger partial charge in [-0.25, -0.2) is 4.39 Å². The third-order valence-electron chi connectivity index (χ3n) is 5.12. The topological polar surface area (TPSA) is 32.8 Å². The highest BCUT2D eigenvalue weighted by atomic mass is 19.1. The quantitative estimate of drug-likeness (QED) is 0.844. The molecule has 0 aliphatic carbocycles. The Balaban J connectivity index is 1.58. The van der Waals surface area contributed by atoms with Crippen LogP contribution >= 0.6 is 0 Å². The molecule has 1 amide bonds. The summed E-state index contributed by atoms with van der Waals surface area (Å²) in [6, 6.07) is 14.4. The fraction of sp³-hybridized carbons (Fsp3) is 0.381. The molecule has 1 atom stereocenters. The number of halogens is 1. The molecule has 2 heterocycles. The Morgan fingerprint density at radius 3 is 2.58 bits per heavy atom. The third kappa shape index (κ3) is 3.39. The predicted octanol–water partition coefficient (Wildman–Crippen LogP) is 3.61. The van der Waals surface area contributed by atoms with E-state index in [9.17, 15) is 9.18 Å². The van der Waals surface area contributed by atoms with Crippen molar-refractivity contribution < 1.29 is 13.9 Å². The molecule has 0 spiro atoms. The number of ether oxygens (including phenoxy) is 1. The summed E-state index contributed by atoms with van der Waals surface area (Å²) in [6.07, 6.45) is 2.73. The van der Waals surface area contributed by atoms with Crippen molar-refractivity contribution in [1.82, 2.24) is 4.90 Å². The molecule has 2 aliphatic rings. The molecular formula is C21H23FN2O2. The lowest BCUT2D eigenvalue weighted by Crippen LogP contribution is -2.51. The van der Waals surface area contributed by atoms with Gasteiger partial charge in [0.15, 0.2) is 6.10 Å². The summed E-state index contributed by atoms with van der Waals surface area (Å²) in [5, 5.41) is 0. The maximum Gasteiger partial charge on any atom is 0.265 e. The molecule has 0 N–H and O–H groups in total. The maximum absolute atomic E-state index is 14.1. The Morgan fingerprint density at radius 2 is 1.77 bits per heavy atom. The van der Waals surface area contributed by atoms with E-state index < -0.39 is 6.10 Å². The van der Waals surface area contributed by atoms with Crippen LogP contribution in [0.15, 0.2) is 48.5 Å². The summed E-state index contributed by atoms with van der Waals surface area (Å²) in [4.78, 5) is 16.9. The Bertz CT molecular complexity index is 789. The molecule has 4 rings (SSSR count). The van der Waals surface area contributed by atoms with Gasteiger partial charge in [-0.15, -0.1) is 0 Å². The summed E-state index contributed by atoms with van der Waals surface area (Å²) in [5.74, 6) is 0.499. The summed E-state index contributed by atoms with van der Waals surface area (Å²) in [5.41, 5.74) is 1.52. The number of rotatable bonds is 3. The average molecular weight is 354 g/mol. The zero-order valence-corrected chi connectivity index (χ0v) is 14.7. The molecule has 0 saturated carbocycles. The number of amides is 1. The summed E-state index contributed by atoms with van der Waals surface area (Å²) < 4.78 is 20.2. The zero-order valence-electron chi connectivity index (χ0n) is 14.7. The van der Waals surface area contributed by atoms with Gasteiger partial charge in [0, 0.05) is 25.2 Å². The lowest BCUT2D eigenvalue weighted by molar-refractivity contribution is -0.139. The number of nitrogens with zero attached hydrogens (tertiary/aromatic N) is 2. The van der Waals surface area contributed by atoms with Crippen molar-refractivity contribution in [2.45, 2.75) is 31.9 Å². The standard InChI is InChI=1S/C21H23FN2O2/c22-17-9-3-2-8-16(17)14-24-15-20(21(25)23-12-6-1-7-13-23)26-19-11-5-4-10-18(19)24/h2-5,8-11,20H,1,6-7,12-15H2. The van der Waals surface area contributed by atoms with Gasteiger partial charge in [0.1, 0.15) is 11.6 Å². The Kier molecular flexibility index (Phi) is 4.78. The van der Waals surface area contributed by atoms with Gasteiger partial charge in [0.05, 0.1) is 12.2 Å². The molecule has 0 bridgehead atoms. The van der Waals surface area contributed by atoms with Crippen LogP contribution in [0.5, 0.6) is 5.75 Å². The van der Waals surface area contributed by atoms with Crippen molar-refractivity contribution in [3.05, 3.63) is 59.9 Å². The largest absolute Gasteiger partial charge is 0.477 e. The van der Waals surface area contributed by atoms with Gasteiger partial charge in [-0.1, -0.05) is 30.3 Å². The lowest BCUT2D eigenvalue weighted by atomic mass is 10.1. The number of carbonyl (C=O) groups is 1. The van der Waals surface area contributed by atoms with Gasteiger partial charge in [0.25, 0.3) is 5.91 Å². The first-order chi connectivity index (χ1) is 12.7. The smallest absolute Gasteiger partial charge is 0.265 e. The first-order valence-electron chi connectivity index (χ1n) is 9.25. The monoisotopic (exact) mass is 354 g/mol. The number of benzene rings is 2. The van der Waals surface area contributed by atoms with Crippen molar-refractivity contribution in [2.24, 2.45) is 0 Å². The molecule has 5 heteroatoms. The van der Waals surface area contributed by atoms with Crippen LogP contribution in [0.1, 0.15) is 24.8 Å². The number of hydrogen-bond donors (Lipinski definition) is 0. The molecule has 1 fully saturated rings. The number of para-hydroxylation sites is 2. The van der Waals surface area contributed by atoms with Gasteiger partial charge in [-0.3, -0.25) is 4.79 Å². The molecule has 2 aromatic carbocycles. The summed E-state index contributed by atoms with van der Waals surface area (Å²) >= 11 is 0. The van der Waals surface area contributed by atoms with Crippen LogP contribution < -0.4 is 9.64 Å². The van der Waals surface area contributed by atoms with Crippen molar-refractivity contribution in [2.75, 3.05) is 24.5 Å². The summed E-state index contributed by atoms with van der Waals surface area (Å²) in [7, 11) is 0. The van der Waals surface area contributed by atoms with Crippen LogP contribution in [-0.2, 0) is 11.3 Å². The minimum Gasteiger partial charge on any atom is -0.477 e. The minimum absolute atomic E-state index is 0.0396. The number of piperidine rings is 1. The second-order valence-corrected chi connectivity index (χ2v) is 6.93. The molecule has 4 nitrogen and oxygen atoms in total. The van der Waals surface area contributed by atoms with Gasteiger partial charge in [0.2, 0.25) is 0 Å². The number of carbonyl (C=O) groups excluding carboxylic acids is 1. The zero-order chi connectivity index (χ0) is 17.9. The van der Waals surface area contributed by atoms with Crippen LogP contribution in [0.3, 0.4) is 0 Å². The highest BCUT2D eigenvalue weighted by Gasteiger charge is 2.34. The van der Waals surface area contributed by atoms with Gasteiger partial charge in [-0.2, -0.15) is 0 Å². The molecule has 2 aromatic rings. The second-order valence-electron chi connectivity index (χ2n) is 6.93. The van der Waals surface area contributed by atoms with E-state index in [1.807, 2.05) is 40.1 Å². The first-order valence-corrected chi connectivity index (χ1v) is 9.25. The van der Waals surface area contributed by atoms with Gasteiger partial charge < -0.3 is 14.5 Å². The molecule has 0 radical (unpaired) electrons. The predicted molar refractivity (Wildman–Crippen MR) is 98.7 cm³/mol. The van der Waals surface area contributed by atoms with E-state index in [0.29, 0.717) is 24.4 Å². The molecule has 1 saturated heterocycles. The second kappa shape index (κ2) is 7.36. The Hall–Kier alpha value is -2.56. The number of anilines is 1. The fourth-order valence-electron chi connectivity index (χ4n) is 3.74. The Labute approximate surface area is 153 Å². The third-order valence-corrected chi connectivity index (χ3v) is 5.12. The molecule has 2 aliphatic heterocycles. The Morgan fingerprint density at radius 1 is 1.04 bits per heavy atom. The lowest BCUT2D eigenvalue weighted by Gasteiger charge is -2.38. The maximum atomic E-state index is 14.1. The van der Waals surface area contributed by atoms with Crippen LogP contribution in [0.2, 0.25) is 0 Å². The van der Waals surface area contributed by atoms with Crippen LogP contribution in [0, 0.1) is 5.82 Å². The van der Waals surface area contributed by atoms with E-state index in [0.717, 1.165) is 31.6 Å². The van der Waals surface area contributed by atoms with E-state index in [2.05, 4.69) is 0 Å². The van der Waals surface area contributed by atoms with E-state index in [1.54, 1.807) is 12.1 Å². The number of likely N-dealkylation sites (tertiary alicyclic amines) is 1. The molecule has 0 aromatic heterocycles. The van der Waals surface area contributed by atoms with Crippen molar-refractivity contribution in [3.8, 4) is 5.75 Å². The highest BCUT2D eigenvalue weighted by Crippen LogP contribution is 2.34. The minimum atomic E-state index is -0.547. The van der Waals surface area contributed by atoms with Crippen LogP contribution in [-0.4, -0.2) is 36.5 Å².